The number of hydrogen-bond acceptors (Lipinski definition) is 5. The number of aromatic nitrogens is 4. The van der Waals surface area contributed by atoms with Crippen molar-refractivity contribution < 1.29 is 14.7 Å². The third-order valence-electron chi connectivity index (χ3n) is 4.10. The van der Waals surface area contributed by atoms with Crippen LogP contribution in [0.5, 0.6) is 0 Å². The molecule has 2 amide bonds. The first kappa shape index (κ1) is 16.9. The van der Waals surface area contributed by atoms with Crippen molar-refractivity contribution in [3.63, 3.8) is 0 Å². The Kier molecular flexibility index (Phi) is 4.64. The third-order valence-corrected chi connectivity index (χ3v) is 4.10. The molecule has 2 aromatic heterocycles. The molecule has 9 nitrogen and oxygen atoms in total. The van der Waals surface area contributed by atoms with Crippen molar-refractivity contribution in [1.29, 1.82) is 0 Å². The van der Waals surface area contributed by atoms with E-state index in [-0.39, 0.29) is 12.6 Å². The number of amides is 2. The molecule has 132 valence electrons. The first-order valence-electron chi connectivity index (χ1n) is 8.09. The number of likely N-dealkylation sites (tertiary alicyclic amines) is 1. The second-order valence-corrected chi connectivity index (χ2v) is 6.13. The lowest BCUT2D eigenvalue weighted by molar-refractivity contribution is -0.143. The van der Waals surface area contributed by atoms with Crippen molar-refractivity contribution in [2.24, 2.45) is 5.92 Å². The summed E-state index contributed by atoms with van der Waals surface area (Å²) in [7, 11) is 0. The minimum absolute atomic E-state index is 0.204. The zero-order valence-corrected chi connectivity index (χ0v) is 14.1. The Balaban J connectivity index is 1.77. The van der Waals surface area contributed by atoms with E-state index in [9.17, 15) is 9.59 Å². The van der Waals surface area contributed by atoms with Gasteiger partial charge in [0, 0.05) is 30.5 Å². The monoisotopic (exact) mass is 344 g/mol. The number of anilines is 1. The molecule has 1 saturated heterocycles. The molecule has 1 unspecified atom stereocenters. The largest absolute Gasteiger partial charge is 0.481 e. The fraction of sp³-hybridized carbons (Fsp3) is 0.438. The van der Waals surface area contributed by atoms with E-state index in [1.54, 1.807) is 12.3 Å². The molecule has 2 N–H and O–H groups in total. The van der Waals surface area contributed by atoms with Gasteiger partial charge in [-0.2, -0.15) is 9.78 Å². The van der Waals surface area contributed by atoms with Gasteiger partial charge in [-0.1, -0.05) is 0 Å². The van der Waals surface area contributed by atoms with Gasteiger partial charge < -0.3 is 10.0 Å². The molecule has 9 heteroatoms. The number of carbonyl (C=O) groups is 2. The van der Waals surface area contributed by atoms with Crippen LogP contribution in [0.2, 0.25) is 0 Å². The van der Waals surface area contributed by atoms with Crippen molar-refractivity contribution in [1.82, 2.24) is 24.6 Å². The summed E-state index contributed by atoms with van der Waals surface area (Å²) in [5, 5.41) is 16.1. The number of aliphatic carboxylic acids is 1. The number of nitrogens with zero attached hydrogens (tertiary/aromatic N) is 5. The van der Waals surface area contributed by atoms with Crippen LogP contribution in [0, 0.1) is 19.8 Å². The van der Waals surface area contributed by atoms with Crippen LogP contribution in [0.15, 0.2) is 18.3 Å². The molecule has 0 radical (unpaired) electrons. The maximum Gasteiger partial charge on any atom is 0.323 e. The zero-order chi connectivity index (χ0) is 18.0. The quantitative estimate of drug-likeness (QED) is 0.874. The Morgan fingerprint density at radius 1 is 1.28 bits per heavy atom. The normalized spacial score (nSPS) is 17.4. The third kappa shape index (κ3) is 3.76. The molecule has 2 aromatic rings. The van der Waals surface area contributed by atoms with Crippen LogP contribution >= 0.6 is 0 Å². The highest BCUT2D eigenvalue weighted by Gasteiger charge is 2.28. The van der Waals surface area contributed by atoms with Gasteiger partial charge in [-0.15, -0.1) is 0 Å². The molecule has 0 bridgehead atoms. The van der Waals surface area contributed by atoms with Crippen LogP contribution in [0.25, 0.3) is 5.95 Å². The Morgan fingerprint density at radius 3 is 2.68 bits per heavy atom. The molecule has 0 aliphatic carbocycles. The number of nitrogens with one attached hydrogen (secondary N) is 1. The van der Waals surface area contributed by atoms with E-state index in [0.717, 1.165) is 11.4 Å². The Morgan fingerprint density at radius 2 is 2.00 bits per heavy atom. The van der Waals surface area contributed by atoms with Crippen molar-refractivity contribution in [3.05, 3.63) is 29.7 Å². The number of aryl methyl sites for hydroxylation is 2. The molecule has 25 heavy (non-hydrogen) atoms. The van der Waals surface area contributed by atoms with Crippen molar-refractivity contribution in [2.75, 3.05) is 18.4 Å². The van der Waals surface area contributed by atoms with Crippen molar-refractivity contribution in [3.8, 4) is 5.95 Å². The van der Waals surface area contributed by atoms with Crippen LogP contribution in [-0.2, 0) is 4.79 Å². The van der Waals surface area contributed by atoms with Crippen LogP contribution in [-0.4, -0.2) is 54.8 Å². The summed E-state index contributed by atoms with van der Waals surface area (Å²) in [6.45, 7) is 4.46. The summed E-state index contributed by atoms with van der Waals surface area (Å²) in [5.74, 6) is -0.578. The summed E-state index contributed by atoms with van der Waals surface area (Å²) in [5.41, 5.74) is 1.60. The molecule has 1 fully saturated rings. The van der Waals surface area contributed by atoms with Gasteiger partial charge in [0.05, 0.1) is 12.1 Å². The molecule has 0 aromatic carbocycles. The van der Waals surface area contributed by atoms with Gasteiger partial charge in [0.15, 0.2) is 0 Å². The van der Waals surface area contributed by atoms with E-state index in [0.29, 0.717) is 31.2 Å². The zero-order valence-electron chi connectivity index (χ0n) is 14.1. The molecule has 1 aliphatic heterocycles. The lowest BCUT2D eigenvalue weighted by Crippen LogP contribution is -2.44. The average molecular weight is 344 g/mol. The smallest absolute Gasteiger partial charge is 0.323 e. The molecule has 1 atom stereocenters. The maximum atomic E-state index is 12.5. The predicted molar refractivity (Wildman–Crippen MR) is 89.6 cm³/mol. The van der Waals surface area contributed by atoms with E-state index < -0.39 is 11.9 Å². The second-order valence-electron chi connectivity index (χ2n) is 6.13. The van der Waals surface area contributed by atoms with E-state index in [1.165, 1.54) is 9.58 Å². The van der Waals surface area contributed by atoms with Gasteiger partial charge in [0.25, 0.3) is 5.95 Å². The number of piperidine rings is 1. The highest BCUT2D eigenvalue weighted by Crippen LogP contribution is 2.19. The summed E-state index contributed by atoms with van der Waals surface area (Å²) in [4.78, 5) is 33.8. The lowest BCUT2D eigenvalue weighted by atomic mass is 9.99. The second kappa shape index (κ2) is 6.88. The summed E-state index contributed by atoms with van der Waals surface area (Å²) in [6.07, 6.45) is 2.81. The number of urea groups is 1. The van der Waals surface area contributed by atoms with E-state index in [4.69, 9.17) is 5.11 Å². The summed E-state index contributed by atoms with van der Waals surface area (Å²) < 4.78 is 1.45. The standard InChI is InChI=1S/C16H20N6O3/c1-10-8-11(2)19-15(18-10)22-13(5-6-17-22)20-16(25)21-7-3-4-12(9-21)14(23)24/h5-6,8,12H,3-4,7,9H2,1-2H3,(H,20,25)(H,23,24). The minimum Gasteiger partial charge on any atom is -0.481 e. The number of rotatable bonds is 3. The molecule has 0 spiro atoms. The Labute approximate surface area is 144 Å². The fourth-order valence-corrected chi connectivity index (χ4v) is 2.91. The first-order chi connectivity index (χ1) is 11.9. The number of carbonyl (C=O) groups excluding carboxylic acids is 1. The van der Waals surface area contributed by atoms with Gasteiger partial charge in [0.2, 0.25) is 0 Å². The fourth-order valence-electron chi connectivity index (χ4n) is 2.91. The van der Waals surface area contributed by atoms with Gasteiger partial charge in [-0.3, -0.25) is 10.1 Å². The Hall–Kier alpha value is -2.97. The molecular formula is C16H20N6O3. The molecule has 3 rings (SSSR count). The molecule has 1 aliphatic rings. The highest BCUT2D eigenvalue weighted by molar-refractivity contribution is 5.89. The minimum atomic E-state index is -0.869. The van der Waals surface area contributed by atoms with Crippen LogP contribution in [0.1, 0.15) is 24.2 Å². The van der Waals surface area contributed by atoms with Crippen LogP contribution in [0.3, 0.4) is 0 Å². The van der Waals surface area contributed by atoms with E-state index >= 15 is 0 Å². The SMILES string of the molecule is Cc1cc(C)nc(-n2nccc2NC(=O)N2CCCC(C(=O)O)C2)n1. The van der Waals surface area contributed by atoms with E-state index in [1.807, 2.05) is 19.9 Å². The topological polar surface area (TPSA) is 113 Å². The van der Waals surface area contributed by atoms with E-state index in [2.05, 4.69) is 20.4 Å². The van der Waals surface area contributed by atoms with Crippen molar-refractivity contribution in [2.45, 2.75) is 26.7 Å². The Bertz CT molecular complexity index is 783. The summed E-state index contributed by atoms with van der Waals surface area (Å²) >= 11 is 0. The van der Waals surface area contributed by atoms with Gasteiger partial charge in [-0.25, -0.2) is 14.8 Å². The molecular weight excluding hydrogens is 324 g/mol. The van der Waals surface area contributed by atoms with Gasteiger partial charge in [0.1, 0.15) is 5.82 Å². The first-order valence-corrected chi connectivity index (χ1v) is 8.09. The molecule has 3 heterocycles. The lowest BCUT2D eigenvalue weighted by Gasteiger charge is -2.30. The number of hydrogen-bond donors (Lipinski definition) is 2. The number of carboxylic acid groups (broad SMARTS) is 1. The predicted octanol–water partition coefficient (Wildman–Crippen LogP) is 1.61. The van der Waals surface area contributed by atoms with Crippen molar-refractivity contribution >= 4 is 17.8 Å². The maximum absolute atomic E-state index is 12.5. The van der Waals surface area contributed by atoms with Gasteiger partial charge in [-0.05, 0) is 32.8 Å². The number of carboxylic acids is 1. The highest BCUT2D eigenvalue weighted by atomic mass is 16.4. The van der Waals surface area contributed by atoms with Crippen LogP contribution < -0.4 is 5.32 Å². The average Bonchev–Trinajstić information content (AvgIpc) is 3.02. The summed E-state index contributed by atoms with van der Waals surface area (Å²) in [6, 6.07) is 3.15. The van der Waals surface area contributed by atoms with Crippen LogP contribution in [0.4, 0.5) is 10.6 Å². The molecule has 0 saturated carbocycles. The van der Waals surface area contributed by atoms with Gasteiger partial charge >= 0.3 is 12.0 Å².